The van der Waals surface area contributed by atoms with Crippen molar-refractivity contribution in [3.05, 3.63) is 29.8 Å². The summed E-state index contributed by atoms with van der Waals surface area (Å²) in [4.78, 5) is 20.6. The number of carbonyl (C=O) groups is 1. The van der Waals surface area contributed by atoms with Gasteiger partial charge in [-0.2, -0.15) is 0 Å². The number of hydrogen-bond donors (Lipinski definition) is 2. The first-order valence-electron chi connectivity index (χ1n) is 12.9. The second-order valence-electron chi connectivity index (χ2n) is 9.92. The van der Waals surface area contributed by atoms with E-state index in [2.05, 4.69) is 25.7 Å². The Bertz CT molecular complexity index is 1200. The van der Waals surface area contributed by atoms with E-state index in [-0.39, 0.29) is 12.0 Å². The lowest BCUT2D eigenvalue weighted by Crippen LogP contribution is -2.29. The number of aryl methyl sites for hydroxylation is 2. The topological polar surface area (TPSA) is 133 Å². The maximum absolute atomic E-state index is 11.4. The third-order valence-electron chi connectivity index (χ3n) is 7.36. The smallest absolute Gasteiger partial charge is 0.306 e. The van der Waals surface area contributed by atoms with Crippen LogP contribution in [0, 0.1) is 12.8 Å². The van der Waals surface area contributed by atoms with Gasteiger partial charge in [-0.05, 0) is 57.6 Å². The molecule has 5 rings (SSSR count). The lowest BCUT2D eigenvalue weighted by molar-refractivity contribution is -0.143. The van der Waals surface area contributed by atoms with E-state index in [1.807, 2.05) is 37.1 Å². The number of carboxylic acid groups (broad SMARTS) is 1. The van der Waals surface area contributed by atoms with Gasteiger partial charge in [0.1, 0.15) is 17.8 Å². The minimum absolute atomic E-state index is 0.108. The summed E-state index contributed by atoms with van der Waals surface area (Å²) in [6, 6.07) is 4.21. The van der Waals surface area contributed by atoms with Crippen molar-refractivity contribution < 1.29 is 14.6 Å². The summed E-state index contributed by atoms with van der Waals surface area (Å²) in [5.41, 5.74) is 3.01. The van der Waals surface area contributed by atoms with Crippen LogP contribution in [-0.4, -0.2) is 51.9 Å². The first-order valence-corrected chi connectivity index (χ1v) is 12.9. The molecule has 0 spiro atoms. The predicted molar refractivity (Wildman–Crippen MR) is 132 cm³/mol. The summed E-state index contributed by atoms with van der Waals surface area (Å²) in [6.45, 7) is 2.36. The molecule has 0 unspecified atom stereocenters. The third kappa shape index (κ3) is 5.34. The molecule has 2 atom stereocenters. The second kappa shape index (κ2) is 10.6. The van der Waals surface area contributed by atoms with E-state index in [9.17, 15) is 9.90 Å². The van der Waals surface area contributed by atoms with Crippen molar-refractivity contribution >= 4 is 11.9 Å². The van der Waals surface area contributed by atoms with Crippen molar-refractivity contribution in [1.29, 1.82) is 0 Å². The first-order chi connectivity index (χ1) is 17.5. The second-order valence-corrected chi connectivity index (χ2v) is 9.92. The van der Waals surface area contributed by atoms with Gasteiger partial charge >= 0.3 is 5.97 Å². The molecule has 0 amide bonds. The zero-order valence-electron chi connectivity index (χ0n) is 20.9. The summed E-state index contributed by atoms with van der Waals surface area (Å²) in [7, 11) is 1.86. The molecule has 192 valence electrons. The van der Waals surface area contributed by atoms with Gasteiger partial charge in [-0.15, -0.1) is 10.2 Å². The average Bonchev–Trinajstić information content (AvgIpc) is 3.51. The Morgan fingerprint density at radius 3 is 2.78 bits per heavy atom. The van der Waals surface area contributed by atoms with Gasteiger partial charge in [0.25, 0.3) is 0 Å². The van der Waals surface area contributed by atoms with E-state index in [4.69, 9.17) is 9.72 Å². The van der Waals surface area contributed by atoms with Crippen molar-refractivity contribution in [3.8, 4) is 17.1 Å². The number of hydrogen-bond acceptors (Lipinski definition) is 8. The molecule has 3 aromatic heterocycles. The molecule has 2 saturated carbocycles. The van der Waals surface area contributed by atoms with Crippen LogP contribution in [0.1, 0.15) is 75.2 Å². The largest absolute Gasteiger partial charge is 0.489 e. The molecule has 11 heteroatoms. The number of pyridine rings is 1. The summed E-state index contributed by atoms with van der Waals surface area (Å²) in [6.07, 6.45) is 10.8. The number of anilines is 1. The molecule has 2 aliphatic carbocycles. The van der Waals surface area contributed by atoms with Gasteiger partial charge in [-0.25, -0.2) is 19.3 Å². The Kier molecular flexibility index (Phi) is 7.15. The van der Waals surface area contributed by atoms with Crippen LogP contribution in [0.5, 0.6) is 5.75 Å². The maximum atomic E-state index is 11.4. The minimum atomic E-state index is -0.742. The molecule has 11 nitrogen and oxygen atoms in total. The number of rotatable bonds is 8. The van der Waals surface area contributed by atoms with E-state index in [0.29, 0.717) is 48.5 Å². The Morgan fingerprint density at radius 1 is 1.17 bits per heavy atom. The van der Waals surface area contributed by atoms with Crippen LogP contribution in [0.2, 0.25) is 0 Å². The molecule has 0 radical (unpaired) electrons. The molecule has 0 saturated heterocycles. The number of ether oxygens (including phenoxy) is 1. The van der Waals surface area contributed by atoms with E-state index < -0.39 is 5.97 Å². The van der Waals surface area contributed by atoms with Gasteiger partial charge in [0.05, 0.1) is 41.7 Å². The maximum Gasteiger partial charge on any atom is 0.306 e. The summed E-state index contributed by atoms with van der Waals surface area (Å²) < 4.78 is 9.87. The predicted octanol–water partition coefficient (Wildman–Crippen LogP) is 3.92. The Morgan fingerprint density at radius 2 is 2.00 bits per heavy atom. The van der Waals surface area contributed by atoms with Crippen LogP contribution >= 0.6 is 0 Å². The summed E-state index contributed by atoms with van der Waals surface area (Å²) in [5.74, 6) is 0.186. The van der Waals surface area contributed by atoms with Crippen LogP contribution < -0.4 is 10.1 Å². The number of aliphatic carboxylic acids is 1. The highest BCUT2D eigenvalue weighted by atomic mass is 16.5. The highest BCUT2D eigenvalue weighted by Crippen LogP contribution is 2.31. The Labute approximate surface area is 210 Å². The summed E-state index contributed by atoms with van der Waals surface area (Å²) in [5, 5.41) is 25.9. The van der Waals surface area contributed by atoms with Gasteiger partial charge < -0.3 is 15.2 Å². The standard InChI is InChI=1S/C25H34N8O3/c1-16-22(36-19-10-6-7-17(13-19)24(34)35)12-11-20(28-16)23-21(32(2)31-29-23)14-26-25-27-15-33(30-25)18-8-4-3-5-9-18/h11-12,15,17-19H,3-10,13-14H2,1-2H3,(H,26,30)(H,34,35)/t17-,19-/m0/s1. The molecule has 36 heavy (non-hydrogen) atoms. The van der Waals surface area contributed by atoms with Crippen LogP contribution in [0.3, 0.4) is 0 Å². The summed E-state index contributed by atoms with van der Waals surface area (Å²) >= 11 is 0. The number of nitrogens with one attached hydrogen (secondary N) is 1. The van der Waals surface area contributed by atoms with E-state index in [0.717, 1.165) is 37.1 Å². The number of nitrogens with zero attached hydrogens (tertiary/aromatic N) is 7. The van der Waals surface area contributed by atoms with Gasteiger partial charge in [-0.1, -0.05) is 24.5 Å². The fraction of sp³-hybridized carbons (Fsp3) is 0.600. The number of carboxylic acids is 1. The van der Waals surface area contributed by atoms with Crippen molar-refractivity contribution in [3.63, 3.8) is 0 Å². The van der Waals surface area contributed by atoms with Gasteiger partial charge in [0.15, 0.2) is 0 Å². The van der Waals surface area contributed by atoms with Crippen LogP contribution in [0.4, 0.5) is 5.95 Å². The molecule has 2 aliphatic rings. The van der Waals surface area contributed by atoms with Crippen molar-refractivity contribution in [2.75, 3.05) is 5.32 Å². The molecule has 0 bridgehead atoms. The van der Waals surface area contributed by atoms with Crippen molar-refractivity contribution in [2.45, 2.75) is 83.4 Å². The Balaban J connectivity index is 1.26. The molecule has 3 heterocycles. The quantitative estimate of drug-likeness (QED) is 0.478. The SMILES string of the molecule is Cc1nc(-c2nnn(C)c2CNc2ncn(C3CCCCC3)n2)ccc1O[C@H]1CCC[C@H](C(=O)O)C1. The van der Waals surface area contributed by atoms with E-state index in [1.54, 1.807) is 4.68 Å². The average molecular weight is 495 g/mol. The molecule has 3 aromatic rings. The molecular formula is C25H34N8O3. The fourth-order valence-corrected chi connectivity index (χ4v) is 5.27. The molecule has 0 aromatic carbocycles. The van der Waals surface area contributed by atoms with Crippen LogP contribution in [-0.2, 0) is 18.4 Å². The molecule has 0 aliphatic heterocycles. The normalized spacial score (nSPS) is 20.8. The van der Waals surface area contributed by atoms with Gasteiger partial charge in [0.2, 0.25) is 5.95 Å². The molecular weight excluding hydrogens is 460 g/mol. The van der Waals surface area contributed by atoms with E-state index >= 15 is 0 Å². The highest BCUT2D eigenvalue weighted by Gasteiger charge is 2.28. The monoisotopic (exact) mass is 494 g/mol. The van der Waals surface area contributed by atoms with Crippen LogP contribution in [0.25, 0.3) is 11.4 Å². The first kappa shape index (κ1) is 24.2. The zero-order valence-corrected chi connectivity index (χ0v) is 20.9. The highest BCUT2D eigenvalue weighted by molar-refractivity contribution is 5.70. The minimum Gasteiger partial charge on any atom is -0.489 e. The van der Waals surface area contributed by atoms with Crippen LogP contribution in [0.15, 0.2) is 18.5 Å². The molecule has 2 fully saturated rings. The molecule has 2 N–H and O–H groups in total. The number of aromatic nitrogens is 7. The lowest BCUT2D eigenvalue weighted by Gasteiger charge is -2.27. The Hall–Kier alpha value is -3.50. The third-order valence-corrected chi connectivity index (χ3v) is 7.36. The van der Waals surface area contributed by atoms with Crippen molar-refractivity contribution in [1.82, 2.24) is 34.7 Å². The van der Waals surface area contributed by atoms with E-state index in [1.165, 1.54) is 19.3 Å². The van der Waals surface area contributed by atoms with Gasteiger partial charge in [-0.3, -0.25) is 4.79 Å². The lowest BCUT2D eigenvalue weighted by atomic mass is 9.87. The van der Waals surface area contributed by atoms with Gasteiger partial charge in [0, 0.05) is 7.05 Å². The fourth-order valence-electron chi connectivity index (χ4n) is 5.27. The van der Waals surface area contributed by atoms with Crippen molar-refractivity contribution in [2.24, 2.45) is 13.0 Å². The zero-order chi connectivity index (χ0) is 25.1.